The molecule has 8 nitrogen and oxygen atoms in total. The molecule has 0 aliphatic heterocycles. The fourth-order valence-electron chi connectivity index (χ4n) is 3.77. The summed E-state index contributed by atoms with van der Waals surface area (Å²) >= 11 is 0. The highest BCUT2D eigenvalue weighted by Gasteiger charge is 2.54. The number of hydrazone groups is 1. The predicted octanol–water partition coefficient (Wildman–Crippen LogP) is 2.50. The molecule has 2 atom stereocenters. The highest BCUT2D eigenvalue weighted by molar-refractivity contribution is 5.89. The van der Waals surface area contributed by atoms with Crippen molar-refractivity contribution in [3.63, 3.8) is 0 Å². The second-order valence-electron chi connectivity index (χ2n) is 6.40. The van der Waals surface area contributed by atoms with Crippen LogP contribution >= 0.6 is 0 Å². The van der Waals surface area contributed by atoms with Gasteiger partial charge in [0.25, 0.3) is 5.69 Å². The molecule has 2 unspecified atom stereocenters. The van der Waals surface area contributed by atoms with Gasteiger partial charge < -0.3 is 9.47 Å². The van der Waals surface area contributed by atoms with Gasteiger partial charge in [-0.15, -0.1) is 0 Å². The molecule has 25 heavy (non-hydrogen) atoms. The Morgan fingerprint density at radius 3 is 2.40 bits per heavy atom. The number of hydrogen-bond donors (Lipinski definition) is 1. The Balaban J connectivity index is 1.72. The highest BCUT2D eigenvalue weighted by Crippen LogP contribution is 2.55. The molecule has 0 saturated heterocycles. The molecule has 8 heteroatoms. The number of benzene rings is 1. The molecule has 134 valence electrons. The lowest BCUT2D eigenvalue weighted by atomic mass is 10.0. The van der Waals surface area contributed by atoms with E-state index in [-0.39, 0.29) is 28.8 Å². The quantitative estimate of drug-likeness (QED) is 0.484. The van der Waals surface area contributed by atoms with Crippen molar-refractivity contribution in [2.45, 2.75) is 25.7 Å². The third-order valence-corrected chi connectivity index (χ3v) is 5.07. The van der Waals surface area contributed by atoms with Crippen molar-refractivity contribution in [2.24, 2.45) is 22.9 Å². The standard InChI is InChI=1S/C17H21N3O5/c1-24-14-7-10(13(20(22)23)8-15(14)25-2)9-18-19-17(21)16-11-5-3-4-6-12(11)16/h7-9,11-12,16H,3-6H2,1-2H3,(H,19,21)/b18-9-. The van der Waals surface area contributed by atoms with Crippen LogP contribution in [0, 0.1) is 27.9 Å². The van der Waals surface area contributed by atoms with E-state index >= 15 is 0 Å². The van der Waals surface area contributed by atoms with Gasteiger partial charge >= 0.3 is 0 Å². The minimum absolute atomic E-state index is 0.0417. The molecule has 1 aromatic rings. The van der Waals surface area contributed by atoms with Gasteiger partial charge in [-0.25, -0.2) is 5.43 Å². The van der Waals surface area contributed by atoms with Gasteiger partial charge in [0.15, 0.2) is 11.5 Å². The van der Waals surface area contributed by atoms with Gasteiger partial charge in [-0.05, 0) is 30.7 Å². The second kappa shape index (κ2) is 7.08. The van der Waals surface area contributed by atoms with Crippen molar-refractivity contribution < 1.29 is 19.2 Å². The van der Waals surface area contributed by atoms with Gasteiger partial charge in [-0.2, -0.15) is 5.10 Å². The van der Waals surface area contributed by atoms with Crippen LogP contribution in [0.2, 0.25) is 0 Å². The molecule has 1 aromatic carbocycles. The molecule has 2 fully saturated rings. The molecule has 0 radical (unpaired) electrons. The normalized spacial score (nSPS) is 24.5. The summed E-state index contributed by atoms with van der Waals surface area (Å²) in [7, 11) is 2.85. The van der Waals surface area contributed by atoms with E-state index in [0.29, 0.717) is 17.6 Å². The van der Waals surface area contributed by atoms with Crippen LogP contribution in [0.1, 0.15) is 31.2 Å². The fourth-order valence-corrected chi connectivity index (χ4v) is 3.77. The number of carbonyl (C=O) groups is 1. The molecule has 0 heterocycles. The monoisotopic (exact) mass is 347 g/mol. The Kier molecular flexibility index (Phi) is 4.87. The van der Waals surface area contributed by atoms with Crippen LogP contribution in [-0.4, -0.2) is 31.3 Å². The lowest BCUT2D eigenvalue weighted by Gasteiger charge is -2.08. The molecule has 3 rings (SSSR count). The first-order valence-corrected chi connectivity index (χ1v) is 8.30. The molecular weight excluding hydrogens is 326 g/mol. The zero-order valence-corrected chi connectivity index (χ0v) is 14.2. The summed E-state index contributed by atoms with van der Waals surface area (Å²) in [6.45, 7) is 0. The van der Waals surface area contributed by atoms with Crippen molar-refractivity contribution in [1.82, 2.24) is 5.43 Å². The van der Waals surface area contributed by atoms with Gasteiger partial charge in [0.05, 0.1) is 37.0 Å². The number of nitrogens with zero attached hydrogens (tertiary/aromatic N) is 2. The van der Waals surface area contributed by atoms with Crippen LogP contribution in [-0.2, 0) is 4.79 Å². The molecular formula is C17H21N3O5. The van der Waals surface area contributed by atoms with Gasteiger partial charge in [0.1, 0.15) is 0 Å². The first-order valence-electron chi connectivity index (χ1n) is 8.30. The maximum absolute atomic E-state index is 12.2. The third kappa shape index (κ3) is 3.42. The van der Waals surface area contributed by atoms with Gasteiger partial charge in [0.2, 0.25) is 5.91 Å². The third-order valence-electron chi connectivity index (χ3n) is 5.07. The first kappa shape index (κ1) is 17.2. The number of nitro groups is 1. The van der Waals surface area contributed by atoms with Crippen LogP contribution in [0.3, 0.4) is 0 Å². The van der Waals surface area contributed by atoms with Crippen molar-refractivity contribution in [2.75, 3.05) is 14.2 Å². The van der Waals surface area contributed by atoms with Crippen LogP contribution < -0.4 is 14.9 Å². The molecule has 2 aliphatic rings. The van der Waals surface area contributed by atoms with Crippen LogP contribution in [0.5, 0.6) is 11.5 Å². The summed E-state index contributed by atoms with van der Waals surface area (Å²) in [6, 6.07) is 2.74. The maximum atomic E-state index is 12.2. The SMILES string of the molecule is COc1cc(/C=N\NC(=O)C2C3CCCCC32)c([N+](=O)[O-])cc1OC. The predicted molar refractivity (Wildman–Crippen MR) is 90.9 cm³/mol. The fraction of sp³-hybridized carbons (Fsp3) is 0.529. The summed E-state index contributed by atoms with van der Waals surface area (Å²) in [5.74, 6) is 1.53. The molecule has 2 aliphatic carbocycles. The Bertz CT molecular complexity index is 706. The zero-order valence-electron chi connectivity index (χ0n) is 14.2. The van der Waals surface area contributed by atoms with E-state index in [1.165, 1.54) is 45.4 Å². The number of nitro benzene ring substituents is 1. The minimum atomic E-state index is -0.527. The van der Waals surface area contributed by atoms with Gasteiger partial charge in [-0.3, -0.25) is 14.9 Å². The first-order chi connectivity index (χ1) is 12.1. The number of amides is 1. The van der Waals surface area contributed by atoms with Gasteiger partial charge in [0, 0.05) is 5.92 Å². The summed E-state index contributed by atoms with van der Waals surface area (Å²) in [6.07, 6.45) is 5.85. The van der Waals surface area contributed by atoms with Gasteiger partial charge in [-0.1, -0.05) is 12.8 Å². The van der Waals surface area contributed by atoms with Crippen molar-refractivity contribution >= 4 is 17.8 Å². The summed E-state index contributed by atoms with van der Waals surface area (Å²) < 4.78 is 10.2. The van der Waals surface area contributed by atoms with E-state index < -0.39 is 4.92 Å². The van der Waals surface area contributed by atoms with Crippen LogP contribution in [0.15, 0.2) is 17.2 Å². The number of rotatable bonds is 6. The molecule has 1 N–H and O–H groups in total. The van der Waals surface area contributed by atoms with Crippen molar-refractivity contribution in [3.05, 3.63) is 27.8 Å². The lowest BCUT2D eigenvalue weighted by Crippen LogP contribution is -2.21. The number of nitrogens with one attached hydrogen (secondary N) is 1. The smallest absolute Gasteiger partial charge is 0.282 e. The van der Waals surface area contributed by atoms with E-state index in [4.69, 9.17) is 9.47 Å². The Morgan fingerprint density at radius 2 is 1.84 bits per heavy atom. The topological polar surface area (TPSA) is 103 Å². The van der Waals surface area contributed by atoms with Crippen molar-refractivity contribution in [1.29, 1.82) is 0 Å². The van der Waals surface area contributed by atoms with E-state index in [9.17, 15) is 14.9 Å². The van der Waals surface area contributed by atoms with Crippen LogP contribution in [0.25, 0.3) is 0 Å². The summed E-state index contributed by atoms with van der Waals surface area (Å²) in [5.41, 5.74) is 2.58. The number of fused-ring (bicyclic) bond motifs is 1. The van der Waals surface area contributed by atoms with Crippen molar-refractivity contribution in [3.8, 4) is 11.5 Å². The number of hydrogen-bond acceptors (Lipinski definition) is 6. The second-order valence-corrected chi connectivity index (χ2v) is 6.40. The van der Waals surface area contributed by atoms with E-state index in [2.05, 4.69) is 10.5 Å². The molecule has 0 bridgehead atoms. The zero-order chi connectivity index (χ0) is 18.0. The maximum Gasteiger partial charge on any atom is 0.282 e. The summed E-state index contributed by atoms with van der Waals surface area (Å²) in [5, 5.41) is 15.1. The van der Waals surface area contributed by atoms with E-state index in [1.807, 2.05) is 0 Å². The molecule has 2 saturated carbocycles. The Morgan fingerprint density at radius 1 is 1.24 bits per heavy atom. The number of carbonyl (C=O) groups excluding carboxylic acids is 1. The Hall–Kier alpha value is -2.64. The van der Waals surface area contributed by atoms with E-state index in [1.54, 1.807) is 0 Å². The lowest BCUT2D eigenvalue weighted by molar-refractivity contribution is -0.385. The van der Waals surface area contributed by atoms with E-state index in [0.717, 1.165) is 12.8 Å². The number of ether oxygens (including phenoxy) is 2. The highest BCUT2D eigenvalue weighted by atomic mass is 16.6. The average molecular weight is 347 g/mol. The largest absolute Gasteiger partial charge is 0.493 e. The molecule has 0 aromatic heterocycles. The molecule has 1 amide bonds. The molecule has 0 spiro atoms. The van der Waals surface area contributed by atoms with Crippen LogP contribution in [0.4, 0.5) is 5.69 Å². The minimum Gasteiger partial charge on any atom is -0.493 e. The summed E-state index contributed by atoms with van der Waals surface area (Å²) in [4.78, 5) is 22.9. The average Bonchev–Trinajstić information content (AvgIpc) is 3.35. The number of methoxy groups -OCH3 is 2. The Labute approximate surface area is 145 Å².